The van der Waals surface area contributed by atoms with Crippen molar-refractivity contribution in [3.05, 3.63) is 85.6 Å². The molecule has 3 aromatic rings. The number of fused-ring (bicyclic) bond motifs is 1. The summed E-state index contributed by atoms with van der Waals surface area (Å²) in [4.78, 5) is 24.9. The van der Waals surface area contributed by atoms with Crippen LogP contribution in [-0.4, -0.2) is 20.3 Å². The topological polar surface area (TPSA) is 89.5 Å². The SMILES string of the molecule is CC(=O)Oc1ccc(/C=C2/Sc3cc(S(=O)(=O)Cc4c(Br)cccc4Br)ccc3NC2=O)cc1. The number of anilines is 1. The summed E-state index contributed by atoms with van der Waals surface area (Å²) >= 11 is 8.03. The first-order valence-electron chi connectivity index (χ1n) is 9.91. The Balaban J connectivity index is 1.60. The molecule has 0 atom stereocenters. The molecule has 1 N–H and O–H groups in total. The number of rotatable bonds is 5. The van der Waals surface area contributed by atoms with Crippen LogP contribution in [0.15, 0.2) is 84.3 Å². The van der Waals surface area contributed by atoms with Crippen molar-refractivity contribution in [1.29, 1.82) is 0 Å². The highest BCUT2D eigenvalue weighted by atomic mass is 79.9. The molecule has 0 fully saturated rings. The molecule has 6 nitrogen and oxygen atoms in total. The maximum Gasteiger partial charge on any atom is 0.308 e. The van der Waals surface area contributed by atoms with Gasteiger partial charge >= 0.3 is 5.97 Å². The maximum absolute atomic E-state index is 13.1. The van der Waals surface area contributed by atoms with Crippen LogP contribution in [0.5, 0.6) is 5.75 Å². The van der Waals surface area contributed by atoms with Gasteiger partial charge < -0.3 is 10.1 Å². The van der Waals surface area contributed by atoms with E-state index in [-0.39, 0.29) is 16.6 Å². The number of benzene rings is 3. The molecule has 1 amide bonds. The fourth-order valence-electron chi connectivity index (χ4n) is 3.22. The fourth-order valence-corrected chi connectivity index (χ4v) is 7.37. The molecule has 0 aromatic heterocycles. The number of hydrogen-bond acceptors (Lipinski definition) is 6. The molecule has 10 heteroatoms. The summed E-state index contributed by atoms with van der Waals surface area (Å²) < 4.78 is 32.7. The Hall–Kier alpha value is -2.40. The smallest absolute Gasteiger partial charge is 0.308 e. The number of thioether (sulfide) groups is 1. The average molecular weight is 623 g/mol. The molecular weight excluding hydrogens is 606 g/mol. The molecule has 0 radical (unpaired) electrons. The minimum Gasteiger partial charge on any atom is -0.427 e. The average Bonchev–Trinajstić information content (AvgIpc) is 2.77. The third kappa shape index (κ3) is 5.63. The summed E-state index contributed by atoms with van der Waals surface area (Å²) in [5.41, 5.74) is 1.93. The summed E-state index contributed by atoms with van der Waals surface area (Å²) in [6, 6.07) is 16.8. The predicted molar refractivity (Wildman–Crippen MR) is 139 cm³/mol. The summed E-state index contributed by atoms with van der Waals surface area (Å²) in [6.07, 6.45) is 1.69. The second-order valence-corrected chi connectivity index (χ2v) is 12.1. The third-order valence-corrected chi connectivity index (χ3v) is 9.05. The Morgan fingerprint density at radius 3 is 2.38 bits per heavy atom. The van der Waals surface area contributed by atoms with E-state index in [9.17, 15) is 18.0 Å². The summed E-state index contributed by atoms with van der Waals surface area (Å²) in [5, 5.41) is 2.81. The van der Waals surface area contributed by atoms with Gasteiger partial charge in [-0.2, -0.15) is 0 Å². The van der Waals surface area contributed by atoms with E-state index in [0.717, 1.165) is 5.56 Å². The van der Waals surface area contributed by atoms with Crippen LogP contribution in [0.3, 0.4) is 0 Å². The number of ether oxygens (including phenoxy) is 1. The number of hydrogen-bond donors (Lipinski definition) is 1. The first kappa shape index (κ1) is 24.7. The van der Waals surface area contributed by atoms with Gasteiger partial charge in [0.2, 0.25) is 0 Å². The minimum atomic E-state index is -3.64. The largest absolute Gasteiger partial charge is 0.427 e. The van der Waals surface area contributed by atoms with Crippen molar-refractivity contribution in [1.82, 2.24) is 0 Å². The Kier molecular flexibility index (Phi) is 7.32. The lowest BCUT2D eigenvalue weighted by Crippen LogP contribution is -2.17. The van der Waals surface area contributed by atoms with Crippen molar-refractivity contribution >= 4 is 77.1 Å². The van der Waals surface area contributed by atoms with Crippen LogP contribution < -0.4 is 10.1 Å². The first-order chi connectivity index (χ1) is 16.1. The number of amides is 1. The second kappa shape index (κ2) is 10.1. The van der Waals surface area contributed by atoms with Crippen molar-refractivity contribution in [2.45, 2.75) is 22.5 Å². The highest BCUT2D eigenvalue weighted by Gasteiger charge is 2.25. The van der Waals surface area contributed by atoms with Gasteiger partial charge in [-0.1, -0.05) is 61.8 Å². The molecule has 1 aliphatic rings. The summed E-state index contributed by atoms with van der Waals surface area (Å²) in [7, 11) is -3.64. The van der Waals surface area contributed by atoms with Gasteiger partial charge in [0.15, 0.2) is 9.84 Å². The van der Waals surface area contributed by atoms with Gasteiger partial charge in [-0.25, -0.2) is 8.42 Å². The lowest BCUT2D eigenvalue weighted by molar-refractivity contribution is -0.131. The molecule has 1 aliphatic heterocycles. The van der Waals surface area contributed by atoms with Crippen molar-refractivity contribution < 1.29 is 22.7 Å². The highest BCUT2D eigenvalue weighted by Crippen LogP contribution is 2.41. The molecule has 0 saturated carbocycles. The normalized spacial score (nSPS) is 14.4. The van der Waals surface area contributed by atoms with E-state index >= 15 is 0 Å². The van der Waals surface area contributed by atoms with Gasteiger partial charge in [-0.3, -0.25) is 9.59 Å². The number of nitrogens with one attached hydrogen (secondary N) is 1. The van der Waals surface area contributed by atoms with Crippen LogP contribution in [0.2, 0.25) is 0 Å². The van der Waals surface area contributed by atoms with Gasteiger partial charge in [-0.15, -0.1) is 0 Å². The monoisotopic (exact) mass is 621 g/mol. The minimum absolute atomic E-state index is 0.169. The number of esters is 1. The number of halogens is 2. The zero-order valence-corrected chi connectivity index (χ0v) is 22.5. The van der Waals surface area contributed by atoms with Crippen molar-refractivity contribution in [3.63, 3.8) is 0 Å². The van der Waals surface area contributed by atoms with Crippen molar-refractivity contribution in [2.24, 2.45) is 0 Å². The molecule has 3 aromatic carbocycles. The van der Waals surface area contributed by atoms with Crippen LogP contribution in [-0.2, 0) is 25.2 Å². The Morgan fingerprint density at radius 1 is 1.06 bits per heavy atom. The lowest BCUT2D eigenvalue weighted by atomic mass is 10.2. The lowest BCUT2D eigenvalue weighted by Gasteiger charge is -2.19. The standard InChI is InChI=1S/C24H17Br2NO5S2/c1-14(28)32-16-7-5-15(6-8-16)11-23-24(29)27-21-10-9-17(12-22(21)33-23)34(30,31)13-18-19(25)3-2-4-20(18)26/h2-12H,13H2,1H3,(H,27,29)/b23-11+. The zero-order chi connectivity index (χ0) is 24.5. The Morgan fingerprint density at radius 2 is 1.74 bits per heavy atom. The van der Waals surface area contributed by atoms with E-state index in [1.807, 2.05) is 6.07 Å². The van der Waals surface area contributed by atoms with Crippen molar-refractivity contribution in [3.8, 4) is 5.75 Å². The van der Waals surface area contributed by atoms with E-state index in [1.54, 1.807) is 54.6 Å². The summed E-state index contributed by atoms with van der Waals surface area (Å²) in [5.74, 6) is -0.466. The molecule has 4 rings (SSSR count). The van der Waals surface area contributed by atoms with Crippen LogP contribution in [0.4, 0.5) is 5.69 Å². The van der Waals surface area contributed by atoms with E-state index in [0.29, 0.717) is 35.7 Å². The zero-order valence-electron chi connectivity index (χ0n) is 17.7. The van der Waals surface area contributed by atoms with E-state index in [1.165, 1.54) is 24.8 Å². The Labute approximate surface area is 218 Å². The van der Waals surface area contributed by atoms with Crippen LogP contribution >= 0.6 is 43.6 Å². The van der Waals surface area contributed by atoms with E-state index in [4.69, 9.17) is 4.74 Å². The van der Waals surface area contributed by atoms with E-state index < -0.39 is 15.8 Å². The second-order valence-electron chi connectivity index (χ2n) is 7.34. The van der Waals surface area contributed by atoms with E-state index in [2.05, 4.69) is 37.2 Å². The molecule has 34 heavy (non-hydrogen) atoms. The van der Waals surface area contributed by atoms with Gasteiger partial charge in [0, 0.05) is 20.8 Å². The number of carbonyl (C=O) groups is 2. The van der Waals surface area contributed by atoms with Crippen LogP contribution in [0.25, 0.3) is 6.08 Å². The third-order valence-electron chi connectivity index (χ3n) is 4.84. The highest BCUT2D eigenvalue weighted by molar-refractivity contribution is 9.11. The van der Waals surface area contributed by atoms with Gasteiger partial charge in [0.25, 0.3) is 5.91 Å². The Bertz CT molecular complexity index is 1410. The van der Waals surface area contributed by atoms with Crippen LogP contribution in [0.1, 0.15) is 18.1 Å². The molecule has 174 valence electrons. The molecule has 0 saturated heterocycles. The van der Waals surface area contributed by atoms with Gasteiger partial charge in [0.1, 0.15) is 5.75 Å². The maximum atomic E-state index is 13.1. The molecule has 1 heterocycles. The molecular formula is C24H17Br2NO5S2. The van der Waals surface area contributed by atoms with Gasteiger partial charge in [-0.05, 0) is 59.7 Å². The van der Waals surface area contributed by atoms with Crippen molar-refractivity contribution in [2.75, 3.05) is 5.32 Å². The summed E-state index contributed by atoms with van der Waals surface area (Å²) in [6.45, 7) is 1.32. The van der Waals surface area contributed by atoms with Gasteiger partial charge in [0.05, 0.1) is 21.2 Å². The molecule has 0 aliphatic carbocycles. The number of carbonyl (C=O) groups excluding carboxylic acids is 2. The molecule has 0 unspecified atom stereocenters. The molecule has 0 bridgehead atoms. The predicted octanol–water partition coefficient (Wildman–Crippen LogP) is 6.20. The first-order valence-corrected chi connectivity index (χ1v) is 14.0. The number of sulfone groups is 1. The fraction of sp³-hybridized carbons (Fsp3) is 0.0833. The quantitative estimate of drug-likeness (QED) is 0.207. The van der Waals surface area contributed by atoms with Crippen LogP contribution in [0, 0.1) is 0 Å². The molecule has 0 spiro atoms.